The predicted octanol–water partition coefficient (Wildman–Crippen LogP) is 2.15. The van der Waals surface area contributed by atoms with Crippen LogP contribution in [0.1, 0.15) is 45.4 Å². The lowest BCUT2D eigenvalue weighted by atomic mass is 10.2. The number of hydrogen-bond donors (Lipinski definition) is 0. The van der Waals surface area contributed by atoms with Gasteiger partial charge in [-0.15, -0.1) is 5.10 Å². The molecule has 3 rings (SSSR count). The second kappa shape index (κ2) is 9.86. The van der Waals surface area contributed by atoms with Gasteiger partial charge in [-0.3, -0.25) is 0 Å². The molecular formula is C17H26N4O5S2. The highest BCUT2D eigenvalue weighted by Crippen LogP contribution is 2.31. The van der Waals surface area contributed by atoms with Crippen LogP contribution >= 0.6 is 11.3 Å². The molecule has 3 unspecified atom stereocenters. The lowest BCUT2D eigenvalue weighted by Gasteiger charge is -2.21. The quantitative estimate of drug-likeness (QED) is 0.256. The van der Waals surface area contributed by atoms with Gasteiger partial charge in [-0.1, -0.05) is 24.9 Å². The van der Waals surface area contributed by atoms with E-state index in [9.17, 15) is 14.1 Å². The number of esters is 1. The van der Waals surface area contributed by atoms with E-state index in [1.165, 1.54) is 9.80 Å². The Bertz CT molecular complexity index is 682. The SMILES string of the molecule is CCCCCC[S+]([O-])c1nnc(N2C(=O)N(C)CC2OC(=O)C2CCCO2)s1. The molecule has 1 aromatic rings. The number of rotatable bonds is 9. The van der Waals surface area contributed by atoms with E-state index in [2.05, 4.69) is 17.1 Å². The van der Waals surface area contributed by atoms with Crippen LogP contribution in [0.3, 0.4) is 0 Å². The summed E-state index contributed by atoms with van der Waals surface area (Å²) >= 11 is -0.140. The number of amides is 2. The second-order valence-electron chi connectivity index (χ2n) is 6.89. The molecule has 0 N–H and O–H groups in total. The van der Waals surface area contributed by atoms with E-state index in [1.54, 1.807) is 7.05 Å². The molecule has 2 saturated heterocycles. The van der Waals surface area contributed by atoms with Crippen molar-refractivity contribution in [3.05, 3.63) is 0 Å². The van der Waals surface area contributed by atoms with Gasteiger partial charge in [0, 0.05) is 24.8 Å². The molecule has 9 nitrogen and oxygen atoms in total. The highest BCUT2D eigenvalue weighted by Gasteiger charge is 2.42. The Morgan fingerprint density at radius 3 is 2.93 bits per heavy atom. The summed E-state index contributed by atoms with van der Waals surface area (Å²) in [7, 11) is 1.63. The van der Waals surface area contributed by atoms with Crippen LogP contribution in [0.2, 0.25) is 0 Å². The van der Waals surface area contributed by atoms with Crippen molar-refractivity contribution in [2.45, 2.75) is 62.1 Å². The molecule has 0 radical (unpaired) electrons. The largest absolute Gasteiger partial charge is 0.610 e. The van der Waals surface area contributed by atoms with Crippen LogP contribution in [0, 0.1) is 0 Å². The standard InChI is InChI=1S/C17H26N4O5S2/c1-3-4-5-6-10-28(24)16-19-18-15(27-16)21-13(11-20(2)17(21)23)26-14(22)12-8-7-9-25-12/h12-13H,3-11H2,1-2H3. The molecule has 2 aliphatic heterocycles. The maximum Gasteiger partial charge on any atom is 0.337 e. The number of aromatic nitrogens is 2. The van der Waals surface area contributed by atoms with Crippen LogP contribution in [0.25, 0.3) is 0 Å². The van der Waals surface area contributed by atoms with Gasteiger partial charge in [-0.25, -0.2) is 14.5 Å². The van der Waals surface area contributed by atoms with Crippen molar-refractivity contribution in [3.63, 3.8) is 0 Å². The van der Waals surface area contributed by atoms with Gasteiger partial charge in [0.05, 0.1) is 6.54 Å². The number of hydrogen-bond acceptors (Lipinski definition) is 8. The predicted molar refractivity (Wildman–Crippen MR) is 105 cm³/mol. The molecule has 3 atom stereocenters. The summed E-state index contributed by atoms with van der Waals surface area (Å²) in [6, 6.07) is -0.332. The fraction of sp³-hybridized carbons (Fsp3) is 0.765. The van der Waals surface area contributed by atoms with Gasteiger partial charge < -0.3 is 18.9 Å². The summed E-state index contributed by atoms with van der Waals surface area (Å²) in [6.45, 7) is 2.89. The summed E-state index contributed by atoms with van der Waals surface area (Å²) < 4.78 is 23.7. The number of urea groups is 1. The normalized spacial score (nSPS) is 23.5. The minimum absolute atomic E-state index is 0.228. The van der Waals surface area contributed by atoms with Crippen molar-refractivity contribution in [1.82, 2.24) is 15.1 Å². The molecule has 0 saturated carbocycles. The van der Waals surface area contributed by atoms with Gasteiger partial charge in [-0.2, -0.15) is 0 Å². The van der Waals surface area contributed by atoms with Crippen molar-refractivity contribution in [2.75, 3.05) is 30.9 Å². The number of anilines is 1. The monoisotopic (exact) mass is 430 g/mol. The van der Waals surface area contributed by atoms with E-state index in [0.717, 1.165) is 43.4 Å². The smallest absolute Gasteiger partial charge is 0.337 e. The highest BCUT2D eigenvalue weighted by molar-refractivity contribution is 7.93. The Morgan fingerprint density at radius 1 is 1.39 bits per heavy atom. The highest BCUT2D eigenvalue weighted by atomic mass is 32.2. The fourth-order valence-electron chi connectivity index (χ4n) is 3.11. The molecule has 0 bridgehead atoms. The van der Waals surface area contributed by atoms with E-state index in [0.29, 0.717) is 23.1 Å². The van der Waals surface area contributed by atoms with Gasteiger partial charge in [0.1, 0.15) is 5.75 Å². The zero-order chi connectivity index (χ0) is 20.1. The summed E-state index contributed by atoms with van der Waals surface area (Å²) in [5.41, 5.74) is 0. The summed E-state index contributed by atoms with van der Waals surface area (Å²) in [5, 5.41) is 8.32. The van der Waals surface area contributed by atoms with E-state index in [1.807, 2.05) is 0 Å². The van der Waals surface area contributed by atoms with Gasteiger partial charge in [0.15, 0.2) is 6.10 Å². The molecule has 156 valence electrons. The Morgan fingerprint density at radius 2 is 2.21 bits per heavy atom. The van der Waals surface area contributed by atoms with Gasteiger partial charge in [0.25, 0.3) is 0 Å². The number of carbonyl (C=O) groups excluding carboxylic acids is 2. The van der Waals surface area contributed by atoms with E-state index < -0.39 is 29.5 Å². The van der Waals surface area contributed by atoms with Gasteiger partial charge in [-0.05, 0) is 37.0 Å². The maximum absolute atomic E-state index is 12.5. The van der Waals surface area contributed by atoms with Crippen molar-refractivity contribution in [1.29, 1.82) is 0 Å². The average molecular weight is 431 g/mol. The van der Waals surface area contributed by atoms with E-state index in [-0.39, 0.29) is 17.7 Å². The number of nitrogens with zero attached hydrogens (tertiary/aromatic N) is 4. The fourth-order valence-corrected chi connectivity index (χ4v) is 5.34. The lowest BCUT2D eigenvalue weighted by molar-refractivity contribution is -0.158. The summed E-state index contributed by atoms with van der Waals surface area (Å²) in [5.74, 6) is 0.0553. The van der Waals surface area contributed by atoms with Crippen LogP contribution in [0.4, 0.5) is 9.93 Å². The van der Waals surface area contributed by atoms with E-state index >= 15 is 0 Å². The molecule has 1 aromatic heterocycles. The number of carbonyl (C=O) groups is 2. The van der Waals surface area contributed by atoms with Crippen LogP contribution in [-0.2, 0) is 25.4 Å². The average Bonchev–Trinajstić information content (AvgIpc) is 3.40. The van der Waals surface area contributed by atoms with Crippen molar-refractivity contribution < 1.29 is 23.6 Å². The van der Waals surface area contributed by atoms with Crippen LogP contribution < -0.4 is 4.90 Å². The number of unbranched alkanes of at least 4 members (excludes halogenated alkanes) is 3. The molecule has 0 aliphatic carbocycles. The molecule has 2 amide bonds. The van der Waals surface area contributed by atoms with Crippen LogP contribution in [0.5, 0.6) is 0 Å². The first-order valence-corrected chi connectivity index (χ1v) is 11.7. The topological polar surface area (TPSA) is 108 Å². The molecule has 2 aliphatic rings. The van der Waals surface area contributed by atoms with Gasteiger partial charge >= 0.3 is 16.3 Å². The van der Waals surface area contributed by atoms with Crippen LogP contribution in [-0.4, -0.2) is 69.9 Å². The molecule has 0 aromatic carbocycles. The molecule has 3 heterocycles. The van der Waals surface area contributed by atoms with Crippen LogP contribution in [0.15, 0.2) is 4.34 Å². The first-order valence-electron chi connectivity index (χ1n) is 9.59. The Balaban J connectivity index is 1.65. The first kappa shape index (κ1) is 21.3. The second-order valence-corrected chi connectivity index (χ2v) is 9.59. The third kappa shape index (κ3) is 4.94. The first-order chi connectivity index (χ1) is 13.5. The van der Waals surface area contributed by atoms with Crippen molar-refractivity contribution in [2.24, 2.45) is 0 Å². The van der Waals surface area contributed by atoms with Crippen molar-refractivity contribution in [3.8, 4) is 0 Å². The van der Waals surface area contributed by atoms with Crippen molar-refractivity contribution >= 4 is 39.6 Å². The third-order valence-electron chi connectivity index (χ3n) is 4.68. The zero-order valence-corrected chi connectivity index (χ0v) is 17.8. The minimum Gasteiger partial charge on any atom is -0.610 e. The molecular weight excluding hydrogens is 404 g/mol. The Labute approximate surface area is 171 Å². The molecule has 11 heteroatoms. The molecule has 0 spiro atoms. The zero-order valence-electron chi connectivity index (χ0n) is 16.2. The summed E-state index contributed by atoms with van der Waals surface area (Å²) in [4.78, 5) is 27.6. The Hall–Kier alpha value is -1.43. The van der Waals surface area contributed by atoms with Gasteiger partial charge in [0.2, 0.25) is 11.4 Å². The number of ether oxygens (including phenoxy) is 2. The number of likely N-dealkylation sites (N-methyl/N-ethyl adjacent to an activating group) is 1. The third-order valence-corrected chi connectivity index (χ3v) is 7.33. The molecule has 28 heavy (non-hydrogen) atoms. The maximum atomic E-state index is 12.5. The minimum atomic E-state index is -1.24. The Kier molecular flexibility index (Phi) is 7.49. The lowest BCUT2D eigenvalue weighted by Crippen LogP contribution is -2.39. The van der Waals surface area contributed by atoms with E-state index in [4.69, 9.17) is 9.47 Å². The molecule has 2 fully saturated rings. The summed E-state index contributed by atoms with van der Waals surface area (Å²) in [6.07, 6.45) is 4.19.